The van der Waals surface area contributed by atoms with Gasteiger partial charge in [-0.2, -0.15) is 17.4 Å². The summed E-state index contributed by atoms with van der Waals surface area (Å²) in [5.41, 5.74) is 0. The van der Waals surface area contributed by atoms with Crippen LogP contribution in [0.5, 0.6) is 0 Å². The SMILES string of the molecule is CNCC1CCCN(S(=O)(=O)NC2CCCC2)C1. The highest BCUT2D eigenvalue weighted by atomic mass is 32.2. The van der Waals surface area contributed by atoms with Gasteiger partial charge in [0.05, 0.1) is 0 Å². The summed E-state index contributed by atoms with van der Waals surface area (Å²) >= 11 is 0. The topological polar surface area (TPSA) is 61.4 Å². The summed E-state index contributed by atoms with van der Waals surface area (Å²) in [6.07, 6.45) is 6.37. The molecule has 18 heavy (non-hydrogen) atoms. The largest absolute Gasteiger partial charge is 0.319 e. The van der Waals surface area contributed by atoms with Crippen molar-refractivity contribution in [2.75, 3.05) is 26.7 Å². The van der Waals surface area contributed by atoms with E-state index in [4.69, 9.17) is 0 Å². The molecule has 1 saturated carbocycles. The maximum absolute atomic E-state index is 12.3. The van der Waals surface area contributed by atoms with E-state index in [9.17, 15) is 8.42 Å². The Morgan fingerprint density at radius 1 is 1.17 bits per heavy atom. The summed E-state index contributed by atoms with van der Waals surface area (Å²) in [5, 5.41) is 3.14. The number of hydrogen-bond donors (Lipinski definition) is 2. The highest BCUT2D eigenvalue weighted by molar-refractivity contribution is 7.87. The quantitative estimate of drug-likeness (QED) is 0.776. The lowest BCUT2D eigenvalue weighted by molar-refractivity contribution is 0.259. The predicted molar refractivity (Wildman–Crippen MR) is 72.5 cm³/mol. The van der Waals surface area contributed by atoms with Gasteiger partial charge in [-0.15, -0.1) is 0 Å². The Kier molecular flexibility index (Phi) is 5.00. The lowest BCUT2D eigenvalue weighted by Crippen LogP contribution is -2.49. The number of piperidine rings is 1. The normalized spacial score (nSPS) is 27.7. The van der Waals surface area contributed by atoms with E-state index in [1.54, 1.807) is 4.31 Å². The third-order valence-corrected chi connectivity index (χ3v) is 5.63. The van der Waals surface area contributed by atoms with Gasteiger partial charge >= 0.3 is 0 Å². The zero-order chi connectivity index (χ0) is 13.0. The molecule has 0 bridgehead atoms. The summed E-state index contributed by atoms with van der Waals surface area (Å²) in [4.78, 5) is 0. The first kappa shape index (κ1) is 14.2. The predicted octanol–water partition coefficient (Wildman–Crippen LogP) is 0.695. The van der Waals surface area contributed by atoms with E-state index < -0.39 is 10.2 Å². The Bertz CT molecular complexity index is 350. The molecule has 1 atom stereocenters. The molecule has 1 heterocycles. The van der Waals surface area contributed by atoms with Crippen LogP contribution in [0.4, 0.5) is 0 Å². The Balaban J connectivity index is 1.91. The van der Waals surface area contributed by atoms with Crippen molar-refractivity contribution < 1.29 is 8.42 Å². The van der Waals surface area contributed by atoms with Crippen molar-refractivity contribution in [3.63, 3.8) is 0 Å². The van der Waals surface area contributed by atoms with Gasteiger partial charge in [-0.25, -0.2) is 0 Å². The minimum atomic E-state index is -3.26. The van der Waals surface area contributed by atoms with E-state index in [0.717, 1.165) is 45.1 Å². The molecule has 1 aliphatic carbocycles. The van der Waals surface area contributed by atoms with Gasteiger partial charge in [0.15, 0.2) is 0 Å². The second kappa shape index (κ2) is 6.32. The van der Waals surface area contributed by atoms with Crippen LogP contribution in [0.15, 0.2) is 0 Å². The smallest absolute Gasteiger partial charge is 0.279 e. The average Bonchev–Trinajstić information content (AvgIpc) is 2.82. The van der Waals surface area contributed by atoms with Crippen LogP contribution in [0.25, 0.3) is 0 Å². The summed E-state index contributed by atoms with van der Waals surface area (Å²) < 4.78 is 29.1. The first-order valence-electron chi connectivity index (χ1n) is 7.04. The number of rotatable bonds is 5. The molecular weight excluding hydrogens is 250 g/mol. The number of nitrogens with zero attached hydrogens (tertiary/aromatic N) is 1. The van der Waals surface area contributed by atoms with Crippen molar-refractivity contribution in [3.8, 4) is 0 Å². The lowest BCUT2D eigenvalue weighted by Gasteiger charge is -2.32. The highest BCUT2D eigenvalue weighted by Gasteiger charge is 2.30. The van der Waals surface area contributed by atoms with Gasteiger partial charge in [0.2, 0.25) is 0 Å². The first-order chi connectivity index (χ1) is 8.62. The molecule has 2 aliphatic rings. The van der Waals surface area contributed by atoms with Crippen molar-refractivity contribution in [3.05, 3.63) is 0 Å². The summed E-state index contributed by atoms with van der Waals surface area (Å²) in [5.74, 6) is 0.448. The second-order valence-corrected chi connectivity index (χ2v) is 7.23. The molecule has 0 radical (unpaired) electrons. The Hall–Kier alpha value is -0.170. The van der Waals surface area contributed by atoms with Crippen LogP contribution < -0.4 is 10.0 Å². The minimum absolute atomic E-state index is 0.166. The lowest BCUT2D eigenvalue weighted by atomic mass is 10.00. The molecule has 6 heteroatoms. The van der Waals surface area contributed by atoms with Gasteiger partial charge in [0, 0.05) is 19.1 Å². The van der Waals surface area contributed by atoms with Crippen LogP contribution in [0, 0.1) is 5.92 Å². The standard InChI is InChI=1S/C12H25N3O2S/c1-13-9-11-5-4-8-15(10-11)18(16,17)14-12-6-2-3-7-12/h11-14H,2-10H2,1H3. The Morgan fingerprint density at radius 2 is 1.89 bits per heavy atom. The van der Waals surface area contributed by atoms with E-state index in [1.165, 1.54) is 0 Å². The molecule has 1 aliphatic heterocycles. The molecule has 2 fully saturated rings. The first-order valence-corrected chi connectivity index (χ1v) is 8.48. The van der Waals surface area contributed by atoms with Crippen molar-refractivity contribution >= 4 is 10.2 Å². The molecule has 1 unspecified atom stereocenters. The van der Waals surface area contributed by atoms with E-state index in [0.29, 0.717) is 19.0 Å². The van der Waals surface area contributed by atoms with Crippen molar-refractivity contribution in [1.29, 1.82) is 0 Å². The van der Waals surface area contributed by atoms with Crippen LogP contribution in [0.1, 0.15) is 38.5 Å². The molecule has 0 aromatic rings. The second-order valence-electron chi connectivity index (χ2n) is 5.53. The summed E-state index contributed by atoms with van der Waals surface area (Å²) in [7, 11) is -1.34. The van der Waals surface area contributed by atoms with Crippen LogP contribution in [-0.4, -0.2) is 45.4 Å². The maximum Gasteiger partial charge on any atom is 0.279 e. The summed E-state index contributed by atoms with van der Waals surface area (Å²) in [6, 6.07) is 0.166. The van der Waals surface area contributed by atoms with E-state index in [-0.39, 0.29) is 6.04 Å². The van der Waals surface area contributed by atoms with Gasteiger partial charge in [-0.1, -0.05) is 12.8 Å². The fourth-order valence-corrected chi connectivity index (χ4v) is 4.61. The number of nitrogens with one attached hydrogen (secondary N) is 2. The van der Waals surface area contributed by atoms with Gasteiger partial charge < -0.3 is 5.32 Å². The van der Waals surface area contributed by atoms with Gasteiger partial charge in [0.25, 0.3) is 10.2 Å². The average molecular weight is 275 g/mol. The van der Waals surface area contributed by atoms with Gasteiger partial charge in [0.1, 0.15) is 0 Å². The molecule has 5 nitrogen and oxygen atoms in total. The van der Waals surface area contributed by atoms with Gasteiger partial charge in [-0.05, 0) is 45.2 Å². The molecular formula is C12H25N3O2S. The Morgan fingerprint density at radius 3 is 2.56 bits per heavy atom. The van der Waals surface area contributed by atoms with Crippen LogP contribution in [0.3, 0.4) is 0 Å². The molecule has 2 N–H and O–H groups in total. The van der Waals surface area contributed by atoms with Crippen LogP contribution in [-0.2, 0) is 10.2 Å². The molecule has 0 spiro atoms. The third kappa shape index (κ3) is 3.66. The van der Waals surface area contributed by atoms with Crippen LogP contribution >= 0.6 is 0 Å². The highest BCUT2D eigenvalue weighted by Crippen LogP contribution is 2.22. The van der Waals surface area contributed by atoms with Crippen molar-refractivity contribution in [1.82, 2.24) is 14.3 Å². The number of hydrogen-bond acceptors (Lipinski definition) is 3. The van der Waals surface area contributed by atoms with E-state index >= 15 is 0 Å². The molecule has 0 amide bonds. The monoisotopic (exact) mass is 275 g/mol. The van der Waals surface area contributed by atoms with Gasteiger partial charge in [-0.3, -0.25) is 0 Å². The van der Waals surface area contributed by atoms with Crippen molar-refractivity contribution in [2.45, 2.75) is 44.6 Å². The third-order valence-electron chi connectivity index (χ3n) is 3.99. The fourth-order valence-electron chi connectivity index (χ4n) is 3.03. The zero-order valence-electron chi connectivity index (χ0n) is 11.2. The molecule has 0 aromatic heterocycles. The summed E-state index contributed by atoms with van der Waals surface area (Å²) in [6.45, 7) is 2.22. The van der Waals surface area contributed by atoms with Crippen LogP contribution in [0.2, 0.25) is 0 Å². The molecule has 1 saturated heterocycles. The molecule has 0 aromatic carbocycles. The van der Waals surface area contributed by atoms with E-state index in [2.05, 4.69) is 10.0 Å². The Labute approximate surface area is 110 Å². The zero-order valence-corrected chi connectivity index (χ0v) is 12.0. The van der Waals surface area contributed by atoms with E-state index in [1.807, 2.05) is 7.05 Å². The minimum Gasteiger partial charge on any atom is -0.319 e. The van der Waals surface area contributed by atoms with Crippen molar-refractivity contribution in [2.24, 2.45) is 5.92 Å². The fraction of sp³-hybridized carbons (Fsp3) is 1.00. The molecule has 106 valence electrons. The molecule has 2 rings (SSSR count). The maximum atomic E-state index is 12.3.